The normalized spacial score (nSPS) is 10.0. The fourth-order valence-corrected chi connectivity index (χ4v) is 1.98. The Labute approximate surface area is 123 Å². The van der Waals surface area contributed by atoms with Crippen molar-refractivity contribution in [3.8, 4) is 0 Å². The maximum Gasteiger partial charge on any atom is 0.175 e. The summed E-state index contributed by atoms with van der Waals surface area (Å²) in [4.78, 5) is 3.98. The Balaban J connectivity index is 1.99. The zero-order chi connectivity index (χ0) is 13.7. The molecule has 2 rings (SSSR count). The Morgan fingerprint density at radius 2 is 1.95 bits per heavy atom. The van der Waals surface area contributed by atoms with Crippen molar-refractivity contribution < 1.29 is 0 Å². The van der Waals surface area contributed by atoms with E-state index in [1.165, 1.54) is 5.56 Å². The summed E-state index contributed by atoms with van der Waals surface area (Å²) in [6.07, 6.45) is 2.65. The summed E-state index contributed by atoms with van der Waals surface area (Å²) < 4.78 is 0. The molecular formula is C14H14ClN3S. The molecule has 0 atom stereocenters. The minimum atomic E-state index is 0.396. The van der Waals surface area contributed by atoms with E-state index in [2.05, 4.69) is 34.7 Å². The van der Waals surface area contributed by atoms with E-state index in [9.17, 15) is 0 Å². The third-order valence-corrected chi connectivity index (χ3v) is 3.13. The van der Waals surface area contributed by atoms with Crippen LogP contribution in [-0.2, 0) is 6.42 Å². The van der Waals surface area contributed by atoms with Gasteiger partial charge in [-0.3, -0.25) is 0 Å². The van der Waals surface area contributed by atoms with Gasteiger partial charge in [-0.1, -0.05) is 30.7 Å². The molecule has 0 aliphatic rings. The van der Waals surface area contributed by atoms with Gasteiger partial charge >= 0.3 is 0 Å². The van der Waals surface area contributed by atoms with E-state index < -0.39 is 0 Å². The summed E-state index contributed by atoms with van der Waals surface area (Å²) in [5.74, 6) is 0. The minimum absolute atomic E-state index is 0.396. The van der Waals surface area contributed by atoms with Gasteiger partial charge in [-0.05, 0) is 48.5 Å². The van der Waals surface area contributed by atoms with Crippen LogP contribution in [0.1, 0.15) is 12.5 Å². The van der Waals surface area contributed by atoms with Gasteiger partial charge in [0.05, 0.1) is 5.69 Å². The summed E-state index contributed by atoms with van der Waals surface area (Å²) in [7, 11) is 0. The van der Waals surface area contributed by atoms with Crippen LogP contribution in [0.5, 0.6) is 0 Å². The van der Waals surface area contributed by atoms with Gasteiger partial charge in [0, 0.05) is 11.9 Å². The molecule has 0 saturated carbocycles. The molecule has 0 radical (unpaired) electrons. The lowest BCUT2D eigenvalue weighted by atomic mass is 10.1. The molecule has 98 valence electrons. The molecule has 0 spiro atoms. The Kier molecular flexibility index (Phi) is 4.71. The van der Waals surface area contributed by atoms with Gasteiger partial charge in [0.15, 0.2) is 10.3 Å². The number of hydrogen-bond acceptors (Lipinski definition) is 2. The summed E-state index contributed by atoms with van der Waals surface area (Å²) in [5, 5.41) is 7.00. The van der Waals surface area contributed by atoms with Crippen molar-refractivity contribution in [2.24, 2.45) is 0 Å². The van der Waals surface area contributed by atoms with Crippen molar-refractivity contribution >= 4 is 40.3 Å². The molecule has 0 unspecified atom stereocenters. The van der Waals surface area contributed by atoms with Crippen molar-refractivity contribution in [3.05, 3.63) is 53.3 Å². The van der Waals surface area contributed by atoms with E-state index in [0.717, 1.165) is 12.1 Å². The second kappa shape index (κ2) is 6.50. The van der Waals surface area contributed by atoms with Crippen LogP contribution >= 0.6 is 23.8 Å². The molecule has 1 aromatic carbocycles. The highest BCUT2D eigenvalue weighted by atomic mass is 35.5. The van der Waals surface area contributed by atoms with Crippen LogP contribution in [0.2, 0.25) is 5.15 Å². The van der Waals surface area contributed by atoms with Crippen LogP contribution in [0.4, 0.5) is 11.4 Å². The van der Waals surface area contributed by atoms with E-state index in [0.29, 0.717) is 16.0 Å². The molecule has 2 N–H and O–H groups in total. The largest absolute Gasteiger partial charge is 0.332 e. The average molecular weight is 292 g/mol. The average Bonchev–Trinajstić information content (AvgIpc) is 2.42. The van der Waals surface area contributed by atoms with Crippen LogP contribution in [0.15, 0.2) is 42.6 Å². The van der Waals surface area contributed by atoms with Gasteiger partial charge in [0.1, 0.15) is 0 Å². The minimum Gasteiger partial charge on any atom is -0.332 e. The molecule has 0 amide bonds. The molecule has 3 nitrogen and oxygen atoms in total. The molecule has 0 aliphatic heterocycles. The zero-order valence-electron chi connectivity index (χ0n) is 10.5. The first kappa shape index (κ1) is 13.8. The van der Waals surface area contributed by atoms with E-state index in [-0.39, 0.29) is 0 Å². The molecule has 1 heterocycles. The third-order valence-electron chi connectivity index (χ3n) is 2.63. The number of hydrogen-bond donors (Lipinski definition) is 2. The predicted octanol–water partition coefficient (Wildman–Crippen LogP) is 4.11. The van der Waals surface area contributed by atoms with Crippen molar-refractivity contribution in [1.29, 1.82) is 0 Å². The summed E-state index contributed by atoms with van der Waals surface area (Å²) in [5.41, 5.74) is 2.92. The Morgan fingerprint density at radius 3 is 2.58 bits per heavy atom. The predicted molar refractivity (Wildman–Crippen MR) is 84.9 cm³/mol. The second-order valence-corrected chi connectivity index (χ2v) is 4.74. The number of aryl methyl sites for hydroxylation is 1. The maximum atomic E-state index is 5.95. The lowest BCUT2D eigenvalue weighted by Crippen LogP contribution is -2.19. The summed E-state index contributed by atoms with van der Waals surface area (Å²) in [6.45, 7) is 2.12. The van der Waals surface area contributed by atoms with Crippen LogP contribution in [0, 0.1) is 0 Å². The fourth-order valence-electron chi connectivity index (χ4n) is 1.59. The zero-order valence-corrected chi connectivity index (χ0v) is 12.1. The monoisotopic (exact) mass is 291 g/mol. The molecule has 1 aromatic heterocycles. The third kappa shape index (κ3) is 3.91. The van der Waals surface area contributed by atoms with Crippen molar-refractivity contribution in [2.45, 2.75) is 13.3 Å². The van der Waals surface area contributed by atoms with Gasteiger partial charge in [-0.2, -0.15) is 0 Å². The molecule has 0 bridgehead atoms. The number of nitrogens with one attached hydrogen (secondary N) is 2. The molecule has 19 heavy (non-hydrogen) atoms. The van der Waals surface area contributed by atoms with Gasteiger partial charge in [-0.15, -0.1) is 0 Å². The first-order valence-corrected chi connectivity index (χ1v) is 6.75. The highest BCUT2D eigenvalue weighted by molar-refractivity contribution is 7.80. The van der Waals surface area contributed by atoms with Crippen molar-refractivity contribution in [2.75, 3.05) is 10.6 Å². The highest BCUT2D eigenvalue weighted by Gasteiger charge is 2.03. The quantitative estimate of drug-likeness (QED) is 0.659. The van der Waals surface area contributed by atoms with E-state index >= 15 is 0 Å². The number of aromatic nitrogens is 1. The molecule has 0 fully saturated rings. The fraction of sp³-hybridized carbons (Fsp3) is 0.143. The number of anilines is 2. The number of nitrogens with zero attached hydrogens (tertiary/aromatic N) is 1. The van der Waals surface area contributed by atoms with E-state index in [1.807, 2.05) is 18.2 Å². The molecule has 0 aliphatic carbocycles. The number of thiocarbonyl (C=S) groups is 1. The van der Waals surface area contributed by atoms with Gasteiger partial charge in [0.25, 0.3) is 0 Å². The van der Waals surface area contributed by atoms with Gasteiger partial charge < -0.3 is 10.6 Å². The van der Waals surface area contributed by atoms with Gasteiger partial charge in [0.2, 0.25) is 0 Å². The standard InChI is InChI=1S/C14H14ClN3S/c1-2-10-5-7-11(8-6-10)17-14(19)18-12-4-3-9-16-13(12)15/h3-9H,2H2,1H3,(H2,17,18,19). The smallest absolute Gasteiger partial charge is 0.175 e. The lowest BCUT2D eigenvalue weighted by molar-refractivity contribution is 1.14. The molecule has 0 saturated heterocycles. The van der Waals surface area contributed by atoms with Gasteiger partial charge in [-0.25, -0.2) is 4.98 Å². The number of rotatable bonds is 3. The number of pyridine rings is 1. The topological polar surface area (TPSA) is 37.0 Å². The molecule has 2 aromatic rings. The first-order valence-electron chi connectivity index (χ1n) is 5.96. The van der Waals surface area contributed by atoms with Crippen LogP contribution in [-0.4, -0.2) is 10.1 Å². The second-order valence-electron chi connectivity index (χ2n) is 3.97. The maximum absolute atomic E-state index is 5.95. The van der Waals surface area contributed by atoms with E-state index in [1.54, 1.807) is 12.3 Å². The Morgan fingerprint density at radius 1 is 1.21 bits per heavy atom. The van der Waals surface area contributed by atoms with Crippen LogP contribution in [0.3, 0.4) is 0 Å². The van der Waals surface area contributed by atoms with Crippen molar-refractivity contribution in [1.82, 2.24) is 4.98 Å². The summed E-state index contributed by atoms with van der Waals surface area (Å²) >= 11 is 11.2. The lowest BCUT2D eigenvalue weighted by Gasteiger charge is -2.11. The van der Waals surface area contributed by atoms with E-state index in [4.69, 9.17) is 23.8 Å². The van der Waals surface area contributed by atoms with Crippen LogP contribution in [0.25, 0.3) is 0 Å². The number of benzene rings is 1. The summed E-state index contributed by atoms with van der Waals surface area (Å²) in [6, 6.07) is 11.8. The highest BCUT2D eigenvalue weighted by Crippen LogP contribution is 2.18. The number of halogens is 1. The van der Waals surface area contributed by atoms with Crippen molar-refractivity contribution in [3.63, 3.8) is 0 Å². The Hall–Kier alpha value is -1.65. The van der Waals surface area contributed by atoms with Crippen LogP contribution < -0.4 is 10.6 Å². The molecule has 5 heteroatoms. The Bertz CT molecular complexity index is 569. The SMILES string of the molecule is CCc1ccc(NC(=S)Nc2cccnc2Cl)cc1. The first-order chi connectivity index (χ1) is 9.19. The molecular weight excluding hydrogens is 278 g/mol.